The van der Waals surface area contributed by atoms with Gasteiger partial charge in [0.15, 0.2) is 0 Å². The van der Waals surface area contributed by atoms with Gasteiger partial charge in [0, 0.05) is 11.6 Å². The van der Waals surface area contributed by atoms with Gasteiger partial charge in [-0.25, -0.2) is 0 Å². The van der Waals surface area contributed by atoms with Crippen molar-refractivity contribution >= 4 is 18.3 Å². The van der Waals surface area contributed by atoms with Crippen molar-refractivity contribution in [2.24, 2.45) is 5.92 Å². The van der Waals surface area contributed by atoms with Gasteiger partial charge in [0.25, 0.3) is 5.91 Å². The van der Waals surface area contributed by atoms with Crippen LogP contribution in [0.1, 0.15) is 43.5 Å². The van der Waals surface area contributed by atoms with Crippen molar-refractivity contribution in [1.82, 2.24) is 10.6 Å². The summed E-state index contributed by atoms with van der Waals surface area (Å²) in [4.78, 5) is 12.3. The molecule has 1 aliphatic rings. The number of ether oxygens (including phenoxy) is 1. The molecule has 2 N–H and O–H groups in total. The SMILES string of the molecule is CCCCOc1ccc(C(=O)NC2CCNCC2C)cc1.Cl. The standard InChI is InChI=1S/C17H26N2O2.ClH/c1-3-4-11-21-15-7-5-14(6-8-15)17(20)19-16-9-10-18-12-13(16)2;/h5-8,13,16,18H,3-4,9-12H2,1-2H3,(H,19,20);1H. The Labute approximate surface area is 139 Å². The summed E-state index contributed by atoms with van der Waals surface area (Å²) in [5, 5.41) is 6.48. The fourth-order valence-corrected chi connectivity index (χ4v) is 2.52. The van der Waals surface area contributed by atoms with Crippen LogP contribution in [-0.2, 0) is 0 Å². The second-order valence-electron chi connectivity index (χ2n) is 5.78. The zero-order chi connectivity index (χ0) is 15.1. The molecule has 0 saturated carbocycles. The highest BCUT2D eigenvalue weighted by Crippen LogP contribution is 2.15. The zero-order valence-electron chi connectivity index (χ0n) is 13.4. The predicted molar refractivity (Wildman–Crippen MR) is 92.0 cm³/mol. The first-order valence-electron chi connectivity index (χ1n) is 7.95. The van der Waals surface area contributed by atoms with Gasteiger partial charge in [-0.15, -0.1) is 12.4 Å². The van der Waals surface area contributed by atoms with Gasteiger partial charge in [0.1, 0.15) is 5.75 Å². The Kier molecular flexibility index (Phi) is 8.28. The van der Waals surface area contributed by atoms with E-state index in [1.165, 1.54) is 0 Å². The smallest absolute Gasteiger partial charge is 0.251 e. The molecule has 1 aromatic rings. The van der Waals surface area contributed by atoms with Crippen LogP contribution in [0.3, 0.4) is 0 Å². The average molecular weight is 327 g/mol. The predicted octanol–water partition coefficient (Wildman–Crippen LogP) is 3.02. The molecule has 0 radical (unpaired) electrons. The Hall–Kier alpha value is -1.26. The second kappa shape index (κ2) is 9.70. The first kappa shape index (κ1) is 18.8. The van der Waals surface area contributed by atoms with E-state index in [2.05, 4.69) is 24.5 Å². The molecule has 0 bridgehead atoms. The van der Waals surface area contributed by atoms with E-state index >= 15 is 0 Å². The number of carbonyl (C=O) groups is 1. The molecule has 2 atom stereocenters. The van der Waals surface area contributed by atoms with Gasteiger partial charge < -0.3 is 15.4 Å². The third-order valence-corrected chi connectivity index (χ3v) is 3.98. The van der Waals surface area contributed by atoms with E-state index in [-0.39, 0.29) is 24.4 Å². The van der Waals surface area contributed by atoms with Crippen molar-refractivity contribution in [3.05, 3.63) is 29.8 Å². The largest absolute Gasteiger partial charge is 0.494 e. The van der Waals surface area contributed by atoms with E-state index in [1.807, 2.05) is 24.3 Å². The molecule has 1 aliphatic heterocycles. The van der Waals surface area contributed by atoms with Crippen LogP contribution in [-0.4, -0.2) is 31.6 Å². The summed E-state index contributed by atoms with van der Waals surface area (Å²) in [5.74, 6) is 1.31. The van der Waals surface area contributed by atoms with Gasteiger partial charge in [0.2, 0.25) is 0 Å². The fraction of sp³-hybridized carbons (Fsp3) is 0.588. The summed E-state index contributed by atoms with van der Waals surface area (Å²) >= 11 is 0. The lowest BCUT2D eigenvalue weighted by molar-refractivity contribution is 0.0914. The van der Waals surface area contributed by atoms with Crippen molar-refractivity contribution in [3.8, 4) is 5.75 Å². The summed E-state index contributed by atoms with van der Waals surface area (Å²) in [6.45, 7) is 6.98. The number of unbranched alkanes of at least 4 members (excludes halogenated alkanes) is 1. The molecule has 2 rings (SSSR count). The van der Waals surface area contributed by atoms with Gasteiger partial charge in [-0.05, 0) is 56.1 Å². The zero-order valence-corrected chi connectivity index (χ0v) is 14.2. The Balaban J connectivity index is 0.00000242. The quantitative estimate of drug-likeness (QED) is 0.790. The number of benzene rings is 1. The molecule has 2 unspecified atom stereocenters. The van der Waals surface area contributed by atoms with Crippen LogP contribution in [0.15, 0.2) is 24.3 Å². The highest BCUT2D eigenvalue weighted by atomic mass is 35.5. The van der Waals surface area contributed by atoms with Gasteiger partial charge >= 0.3 is 0 Å². The van der Waals surface area contributed by atoms with E-state index in [0.717, 1.165) is 44.7 Å². The van der Waals surface area contributed by atoms with Crippen LogP contribution in [0.4, 0.5) is 0 Å². The third-order valence-electron chi connectivity index (χ3n) is 3.98. The summed E-state index contributed by atoms with van der Waals surface area (Å²) in [5.41, 5.74) is 0.698. The highest BCUT2D eigenvalue weighted by molar-refractivity contribution is 5.94. The summed E-state index contributed by atoms with van der Waals surface area (Å²) in [7, 11) is 0. The lowest BCUT2D eigenvalue weighted by atomic mass is 9.95. The number of halogens is 1. The van der Waals surface area contributed by atoms with Gasteiger partial charge in [-0.2, -0.15) is 0 Å². The Morgan fingerprint density at radius 3 is 2.73 bits per heavy atom. The minimum atomic E-state index is 0. The Bertz CT molecular complexity index is 450. The molecule has 124 valence electrons. The van der Waals surface area contributed by atoms with Crippen molar-refractivity contribution < 1.29 is 9.53 Å². The normalized spacial score (nSPS) is 20.8. The third kappa shape index (κ3) is 5.50. The summed E-state index contributed by atoms with van der Waals surface area (Å²) < 4.78 is 5.61. The maximum absolute atomic E-state index is 12.3. The maximum atomic E-state index is 12.3. The van der Waals surface area contributed by atoms with Crippen molar-refractivity contribution in [2.45, 2.75) is 39.2 Å². The van der Waals surface area contributed by atoms with Gasteiger partial charge in [-0.1, -0.05) is 20.3 Å². The second-order valence-corrected chi connectivity index (χ2v) is 5.78. The van der Waals surface area contributed by atoms with Crippen LogP contribution in [0.5, 0.6) is 5.75 Å². The molecule has 1 saturated heterocycles. The van der Waals surface area contributed by atoms with Crippen molar-refractivity contribution in [2.75, 3.05) is 19.7 Å². The number of hydrogen-bond acceptors (Lipinski definition) is 3. The first-order chi connectivity index (χ1) is 10.2. The number of piperidine rings is 1. The van der Waals surface area contributed by atoms with E-state index in [9.17, 15) is 4.79 Å². The van der Waals surface area contributed by atoms with Crippen LogP contribution < -0.4 is 15.4 Å². The van der Waals surface area contributed by atoms with E-state index < -0.39 is 0 Å². The summed E-state index contributed by atoms with van der Waals surface area (Å²) in [6.07, 6.45) is 3.16. The molecule has 1 aromatic carbocycles. The molecule has 22 heavy (non-hydrogen) atoms. The van der Waals surface area contributed by atoms with Gasteiger partial charge in [0.05, 0.1) is 6.61 Å². The molecular formula is C17H27ClN2O2. The molecule has 5 heteroatoms. The average Bonchev–Trinajstić information content (AvgIpc) is 2.50. The highest BCUT2D eigenvalue weighted by Gasteiger charge is 2.22. The molecule has 0 aromatic heterocycles. The number of hydrogen-bond donors (Lipinski definition) is 2. The lowest BCUT2D eigenvalue weighted by Crippen LogP contribution is -2.48. The van der Waals surface area contributed by atoms with Crippen molar-refractivity contribution in [1.29, 1.82) is 0 Å². The lowest BCUT2D eigenvalue weighted by Gasteiger charge is -2.30. The Morgan fingerprint density at radius 2 is 2.09 bits per heavy atom. The fourth-order valence-electron chi connectivity index (χ4n) is 2.52. The molecule has 0 spiro atoms. The molecule has 4 nitrogen and oxygen atoms in total. The molecule has 0 aliphatic carbocycles. The maximum Gasteiger partial charge on any atom is 0.251 e. The monoisotopic (exact) mass is 326 g/mol. The van der Waals surface area contributed by atoms with Crippen LogP contribution >= 0.6 is 12.4 Å². The topological polar surface area (TPSA) is 50.4 Å². The van der Waals surface area contributed by atoms with E-state index in [4.69, 9.17) is 4.74 Å². The number of nitrogens with one attached hydrogen (secondary N) is 2. The summed E-state index contributed by atoms with van der Waals surface area (Å²) in [6, 6.07) is 7.68. The van der Waals surface area contributed by atoms with E-state index in [1.54, 1.807) is 0 Å². The number of rotatable bonds is 6. The van der Waals surface area contributed by atoms with Crippen LogP contribution in [0.25, 0.3) is 0 Å². The molecular weight excluding hydrogens is 300 g/mol. The molecule has 1 fully saturated rings. The van der Waals surface area contributed by atoms with Gasteiger partial charge in [-0.3, -0.25) is 4.79 Å². The Morgan fingerprint density at radius 1 is 1.36 bits per heavy atom. The first-order valence-corrected chi connectivity index (χ1v) is 7.95. The minimum Gasteiger partial charge on any atom is -0.494 e. The van der Waals surface area contributed by atoms with E-state index in [0.29, 0.717) is 11.5 Å². The van der Waals surface area contributed by atoms with Crippen LogP contribution in [0, 0.1) is 5.92 Å². The number of carbonyl (C=O) groups excluding carboxylic acids is 1. The molecule has 1 amide bonds. The minimum absolute atomic E-state index is 0. The van der Waals surface area contributed by atoms with Crippen LogP contribution in [0.2, 0.25) is 0 Å². The number of amides is 1. The molecule has 1 heterocycles. The van der Waals surface area contributed by atoms with Crippen molar-refractivity contribution in [3.63, 3.8) is 0 Å².